The van der Waals surface area contributed by atoms with Gasteiger partial charge in [-0.05, 0) is 45.6 Å². The lowest BCUT2D eigenvalue weighted by atomic mass is 9.94. The quantitative estimate of drug-likeness (QED) is 0.695. The molecule has 0 saturated carbocycles. The molecule has 0 aliphatic heterocycles. The molecule has 0 spiro atoms. The van der Waals surface area contributed by atoms with Crippen LogP contribution in [0.5, 0.6) is 0 Å². The molecule has 0 aromatic carbocycles. The van der Waals surface area contributed by atoms with Crippen LogP contribution in [-0.2, 0) is 14.3 Å². The Balaban J connectivity index is 0. The topological polar surface area (TPSA) is 72.6 Å². The van der Waals surface area contributed by atoms with Crippen molar-refractivity contribution in [1.29, 1.82) is 0 Å². The van der Waals surface area contributed by atoms with Crippen LogP contribution in [0.15, 0.2) is 0 Å². The van der Waals surface area contributed by atoms with Gasteiger partial charge in [0.25, 0.3) is 5.91 Å². The van der Waals surface area contributed by atoms with E-state index in [2.05, 4.69) is 13.8 Å². The first-order valence-electron chi connectivity index (χ1n) is 7.35. The fourth-order valence-corrected chi connectivity index (χ4v) is 2.00. The monoisotopic (exact) mass is 322 g/mol. The second kappa shape index (κ2) is 10.9. The largest absolute Gasteiger partial charge is 0.453 e. The molecule has 0 fully saturated rings. The molecule has 0 bridgehead atoms. The summed E-state index contributed by atoms with van der Waals surface area (Å²) < 4.78 is 5.21. The second-order valence-corrected chi connectivity index (χ2v) is 6.11. The Hall–Kier alpha value is -0.810. The van der Waals surface area contributed by atoms with Crippen molar-refractivity contribution in [1.82, 2.24) is 4.90 Å². The zero-order valence-electron chi connectivity index (χ0n) is 14.1. The fourth-order valence-electron chi connectivity index (χ4n) is 2.00. The predicted octanol–water partition coefficient (Wildman–Crippen LogP) is 2.22. The zero-order valence-corrected chi connectivity index (χ0v) is 14.9. The zero-order chi connectivity index (χ0) is 15.9. The first kappa shape index (κ1) is 22.5. The van der Waals surface area contributed by atoms with Crippen molar-refractivity contribution < 1.29 is 14.3 Å². The van der Waals surface area contributed by atoms with Crippen molar-refractivity contribution in [2.24, 2.45) is 17.6 Å². The van der Waals surface area contributed by atoms with Crippen molar-refractivity contribution >= 4 is 24.3 Å². The number of likely N-dealkylation sites (N-methyl/N-ethyl adjacent to an activating group) is 1. The summed E-state index contributed by atoms with van der Waals surface area (Å²) in [5.74, 6) is 0.0794. The number of halogens is 1. The van der Waals surface area contributed by atoms with E-state index in [4.69, 9.17) is 10.5 Å². The molecule has 1 unspecified atom stereocenters. The molecular weight excluding hydrogens is 292 g/mol. The summed E-state index contributed by atoms with van der Waals surface area (Å²) in [7, 11) is 1.71. The minimum atomic E-state index is -0.743. The summed E-state index contributed by atoms with van der Waals surface area (Å²) in [6.45, 7) is 10.1. The van der Waals surface area contributed by atoms with E-state index in [1.165, 1.54) is 0 Å². The highest BCUT2D eigenvalue weighted by Gasteiger charge is 2.24. The van der Waals surface area contributed by atoms with Crippen molar-refractivity contribution in [3.8, 4) is 0 Å². The number of hydrogen-bond donors (Lipinski definition) is 1. The van der Waals surface area contributed by atoms with Crippen LogP contribution in [0, 0.1) is 11.8 Å². The van der Waals surface area contributed by atoms with Gasteiger partial charge >= 0.3 is 5.97 Å². The summed E-state index contributed by atoms with van der Waals surface area (Å²) in [5, 5.41) is 0. The number of ether oxygens (including phenoxy) is 1. The standard InChI is InChI=1S/C15H30N2O3.ClH/c1-10(2)7-13(9-16)8-14(18)20-12(5)15(19)17(6)11(3)4;/h10-13H,7-9,16H2,1-6H3;1H/t12?,13-;/m0./s1. The number of carbonyl (C=O) groups is 2. The third-order valence-electron chi connectivity index (χ3n) is 3.37. The van der Waals surface area contributed by atoms with Crippen LogP contribution in [0.1, 0.15) is 47.5 Å². The Bertz CT molecular complexity index is 322. The highest BCUT2D eigenvalue weighted by atomic mass is 35.5. The van der Waals surface area contributed by atoms with Crippen LogP contribution < -0.4 is 5.73 Å². The molecule has 0 aromatic rings. The van der Waals surface area contributed by atoms with Gasteiger partial charge in [-0.25, -0.2) is 0 Å². The van der Waals surface area contributed by atoms with Crippen LogP contribution in [0.2, 0.25) is 0 Å². The van der Waals surface area contributed by atoms with E-state index in [-0.39, 0.29) is 42.7 Å². The molecule has 21 heavy (non-hydrogen) atoms. The maximum absolute atomic E-state index is 12.0. The van der Waals surface area contributed by atoms with Gasteiger partial charge < -0.3 is 15.4 Å². The molecule has 126 valence electrons. The molecule has 5 nitrogen and oxygen atoms in total. The summed E-state index contributed by atoms with van der Waals surface area (Å²) in [5.41, 5.74) is 5.66. The van der Waals surface area contributed by atoms with Gasteiger partial charge in [0.05, 0.1) is 0 Å². The molecule has 0 aliphatic carbocycles. The van der Waals surface area contributed by atoms with Crippen LogP contribution in [0.3, 0.4) is 0 Å². The third-order valence-corrected chi connectivity index (χ3v) is 3.37. The van der Waals surface area contributed by atoms with Gasteiger partial charge in [-0.15, -0.1) is 12.4 Å². The number of hydrogen-bond acceptors (Lipinski definition) is 4. The van der Waals surface area contributed by atoms with Gasteiger partial charge in [-0.3, -0.25) is 9.59 Å². The highest BCUT2D eigenvalue weighted by Crippen LogP contribution is 2.15. The molecular formula is C15H31ClN2O3. The van der Waals surface area contributed by atoms with Gasteiger partial charge in [-0.2, -0.15) is 0 Å². The minimum absolute atomic E-state index is 0. The highest BCUT2D eigenvalue weighted by molar-refractivity contribution is 5.85. The van der Waals surface area contributed by atoms with Crippen molar-refractivity contribution in [3.05, 3.63) is 0 Å². The van der Waals surface area contributed by atoms with Crippen molar-refractivity contribution in [2.45, 2.75) is 59.6 Å². The first-order chi connectivity index (χ1) is 9.18. The summed E-state index contributed by atoms with van der Waals surface area (Å²) in [6, 6.07) is 0.0846. The van der Waals surface area contributed by atoms with Gasteiger partial charge in [0, 0.05) is 19.5 Å². The molecule has 6 heteroatoms. The lowest BCUT2D eigenvalue weighted by molar-refractivity contribution is -0.160. The average Bonchev–Trinajstić information content (AvgIpc) is 2.34. The summed E-state index contributed by atoms with van der Waals surface area (Å²) in [4.78, 5) is 25.4. The molecule has 2 N–H and O–H groups in total. The van der Waals surface area contributed by atoms with Gasteiger partial charge in [0.15, 0.2) is 6.10 Å². The van der Waals surface area contributed by atoms with Gasteiger partial charge in [0.1, 0.15) is 0 Å². The van der Waals surface area contributed by atoms with Crippen LogP contribution >= 0.6 is 12.4 Å². The molecule has 2 atom stereocenters. The maximum Gasteiger partial charge on any atom is 0.306 e. The average molecular weight is 323 g/mol. The molecule has 0 saturated heterocycles. The summed E-state index contributed by atoms with van der Waals surface area (Å²) in [6.07, 6.45) is 0.421. The van der Waals surface area contributed by atoms with Crippen LogP contribution in [0.4, 0.5) is 0 Å². The van der Waals surface area contributed by atoms with Crippen LogP contribution in [-0.4, -0.2) is 42.5 Å². The molecule has 0 heterocycles. The molecule has 0 rings (SSSR count). The third kappa shape index (κ3) is 8.94. The molecule has 1 amide bonds. The molecule has 0 aliphatic rings. The molecule has 0 aromatic heterocycles. The number of esters is 1. The minimum Gasteiger partial charge on any atom is -0.453 e. The van der Waals surface area contributed by atoms with E-state index < -0.39 is 6.10 Å². The number of rotatable bonds is 8. The fraction of sp³-hybridized carbons (Fsp3) is 0.867. The number of nitrogens with zero attached hydrogens (tertiary/aromatic N) is 1. The Morgan fingerprint density at radius 1 is 1.14 bits per heavy atom. The van der Waals surface area contributed by atoms with Crippen molar-refractivity contribution in [2.75, 3.05) is 13.6 Å². The maximum atomic E-state index is 12.0. The van der Waals surface area contributed by atoms with E-state index >= 15 is 0 Å². The second-order valence-electron chi connectivity index (χ2n) is 6.11. The van der Waals surface area contributed by atoms with Gasteiger partial charge in [0.2, 0.25) is 0 Å². The Morgan fingerprint density at radius 3 is 2.05 bits per heavy atom. The van der Waals surface area contributed by atoms with Crippen LogP contribution in [0.25, 0.3) is 0 Å². The van der Waals surface area contributed by atoms with E-state index in [0.717, 1.165) is 6.42 Å². The lowest BCUT2D eigenvalue weighted by Gasteiger charge is -2.25. The Morgan fingerprint density at radius 2 is 1.67 bits per heavy atom. The predicted molar refractivity (Wildman–Crippen MR) is 87.3 cm³/mol. The number of amides is 1. The first-order valence-corrected chi connectivity index (χ1v) is 7.35. The number of carbonyl (C=O) groups excluding carboxylic acids is 2. The van der Waals surface area contributed by atoms with E-state index in [1.807, 2.05) is 13.8 Å². The summed E-state index contributed by atoms with van der Waals surface area (Å²) >= 11 is 0. The van der Waals surface area contributed by atoms with Crippen molar-refractivity contribution in [3.63, 3.8) is 0 Å². The molecule has 0 radical (unpaired) electrons. The van der Waals surface area contributed by atoms with E-state index in [0.29, 0.717) is 12.5 Å². The SMILES string of the molecule is CC(C)C[C@H](CN)CC(=O)OC(C)C(=O)N(C)C(C)C.Cl. The van der Waals surface area contributed by atoms with E-state index in [9.17, 15) is 9.59 Å². The van der Waals surface area contributed by atoms with E-state index in [1.54, 1.807) is 18.9 Å². The Kier molecular flexibility index (Phi) is 11.6. The number of nitrogens with two attached hydrogens (primary N) is 1. The lowest BCUT2D eigenvalue weighted by Crippen LogP contribution is -2.41. The van der Waals surface area contributed by atoms with Gasteiger partial charge in [-0.1, -0.05) is 13.8 Å². The Labute approximate surface area is 135 Å². The normalized spacial score (nSPS) is 13.6. The smallest absolute Gasteiger partial charge is 0.306 e.